The highest BCUT2D eigenvalue weighted by Crippen LogP contribution is 2.27. The first-order valence-corrected chi connectivity index (χ1v) is 8.01. The lowest BCUT2D eigenvalue weighted by molar-refractivity contribution is 0.0542. The summed E-state index contributed by atoms with van der Waals surface area (Å²) in [4.78, 5) is 2.64. The number of anilines is 1. The van der Waals surface area contributed by atoms with E-state index in [0.717, 1.165) is 31.4 Å². The summed E-state index contributed by atoms with van der Waals surface area (Å²) in [5.74, 6) is 0. The van der Waals surface area contributed by atoms with Crippen molar-refractivity contribution in [1.29, 1.82) is 0 Å². The van der Waals surface area contributed by atoms with Gasteiger partial charge in [-0.2, -0.15) is 0 Å². The molecule has 21 heavy (non-hydrogen) atoms. The van der Waals surface area contributed by atoms with Gasteiger partial charge in [-0.25, -0.2) is 0 Å². The second-order valence-corrected chi connectivity index (χ2v) is 6.25. The zero-order valence-electron chi connectivity index (χ0n) is 12.7. The molecule has 0 amide bonds. The Kier molecular flexibility index (Phi) is 6.34. The van der Waals surface area contributed by atoms with Gasteiger partial charge in [-0.1, -0.05) is 25.0 Å². The van der Waals surface area contributed by atoms with Crippen molar-refractivity contribution in [3.05, 3.63) is 29.8 Å². The van der Waals surface area contributed by atoms with Gasteiger partial charge in [-0.05, 0) is 43.4 Å². The number of nitrogen functional groups attached to an aromatic ring is 1. The molecule has 0 bridgehead atoms. The van der Waals surface area contributed by atoms with Gasteiger partial charge in [0.25, 0.3) is 0 Å². The molecule has 1 saturated heterocycles. The van der Waals surface area contributed by atoms with Crippen LogP contribution in [0.2, 0.25) is 0 Å². The summed E-state index contributed by atoms with van der Waals surface area (Å²) in [5.41, 5.74) is 8.10. The molecule has 118 valence electrons. The Hall–Kier alpha value is -0.770. The maximum absolute atomic E-state index is 5.91. The molecule has 1 saturated carbocycles. The van der Waals surface area contributed by atoms with Gasteiger partial charge in [0, 0.05) is 31.4 Å². The molecule has 1 aromatic rings. The molecular formula is C17H27ClN2O. The van der Waals surface area contributed by atoms with E-state index in [1.165, 1.54) is 44.1 Å². The summed E-state index contributed by atoms with van der Waals surface area (Å²) in [6, 6.07) is 9.05. The topological polar surface area (TPSA) is 38.5 Å². The lowest BCUT2D eigenvalue weighted by Crippen LogP contribution is -2.38. The number of halogens is 1. The molecule has 2 N–H and O–H groups in total. The van der Waals surface area contributed by atoms with E-state index in [0.29, 0.717) is 6.10 Å². The van der Waals surface area contributed by atoms with Crippen LogP contribution in [0, 0.1) is 0 Å². The van der Waals surface area contributed by atoms with Crippen molar-refractivity contribution < 1.29 is 4.74 Å². The van der Waals surface area contributed by atoms with Crippen LogP contribution >= 0.6 is 12.4 Å². The number of hydrogen-bond acceptors (Lipinski definition) is 3. The number of nitrogens with zero attached hydrogens (tertiary/aromatic N) is 1. The summed E-state index contributed by atoms with van der Waals surface area (Å²) in [6.45, 7) is 3.04. The summed E-state index contributed by atoms with van der Waals surface area (Å²) in [5, 5.41) is 0. The molecule has 3 nitrogen and oxygen atoms in total. The monoisotopic (exact) mass is 310 g/mol. The third-order valence-corrected chi connectivity index (χ3v) is 4.64. The van der Waals surface area contributed by atoms with Gasteiger partial charge in [0.1, 0.15) is 0 Å². The van der Waals surface area contributed by atoms with E-state index in [4.69, 9.17) is 10.5 Å². The third-order valence-electron chi connectivity index (χ3n) is 4.64. The number of nitrogens with two attached hydrogens (primary N) is 1. The maximum atomic E-state index is 5.91. The number of rotatable bonds is 5. The Balaban J connectivity index is 0.00000161. The molecule has 4 heteroatoms. The molecule has 0 radical (unpaired) electrons. The molecule has 2 aliphatic rings. The van der Waals surface area contributed by atoms with Crippen LogP contribution < -0.4 is 5.73 Å². The molecule has 1 atom stereocenters. The molecule has 2 fully saturated rings. The molecule has 3 rings (SSSR count). The molecule has 1 aliphatic heterocycles. The minimum atomic E-state index is 0. The molecule has 1 unspecified atom stereocenters. The highest BCUT2D eigenvalue weighted by Gasteiger charge is 2.26. The van der Waals surface area contributed by atoms with Crippen molar-refractivity contribution >= 4 is 18.1 Å². The minimum Gasteiger partial charge on any atom is -0.399 e. The fourth-order valence-corrected chi connectivity index (χ4v) is 3.59. The highest BCUT2D eigenvalue weighted by atomic mass is 35.5. The van der Waals surface area contributed by atoms with Gasteiger partial charge >= 0.3 is 0 Å². The summed E-state index contributed by atoms with van der Waals surface area (Å²) in [6.07, 6.45) is 8.33. The van der Waals surface area contributed by atoms with E-state index in [-0.39, 0.29) is 12.4 Å². The molecule has 1 aromatic carbocycles. The van der Waals surface area contributed by atoms with Crippen LogP contribution in [0.15, 0.2) is 24.3 Å². The zero-order valence-corrected chi connectivity index (χ0v) is 13.5. The minimum absolute atomic E-state index is 0. The van der Waals surface area contributed by atoms with E-state index in [2.05, 4.69) is 23.1 Å². The standard InChI is InChI=1S/C17H26N2O.ClH/c18-15-6-3-5-14(11-15)12-19(16-7-1-2-8-16)13-17-9-4-10-20-17;/h3,5-6,11,16-17H,1-2,4,7-10,12-13,18H2;1H. The first kappa shape index (κ1) is 16.6. The van der Waals surface area contributed by atoms with Crippen LogP contribution in [0.4, 0.5) is 5.69 Å². The van der Waals surface area contributed by atoms with Crippen molar-refractivity contribution in [2.75, 3.05) is 18.9 Å². The van der Waals surface area contributed by atoms with E-state index in [1.54, 1.807) is 0 Å². The Morgan fingerprint density at radius 2 is 1.95 bits per heavy atom. The maximum Gasteiger partial charge on any atom is 0.0703 e. The fraction of sp³-hybridized carbons (Fsp3) is 0.647. The number of benzene rings is 1. The lowest BCUT2D eigenvalue weighted by atomic mass is 10.1. The zero-order chi connectivity index (χ0) is 13.8. The van der Waals surface area contributed by atoms with Crippen LogP contribution in [-0.2, 0) is 11.3 Å². The first-order valence-electron chi connectivity index (χ1n) is 8.01. The predicted molar refractivity (Wildman–Crippen MR) is 89.7 cm³/mol. The van der Waals surface area contributed by atoms with Crippen molar-refractivity contribution in [3.63, 3.8) is 0 Å². The first-order chi connectivity index (χ1) is 9.81. The molecule has 0 aromatic heterocycles. The van der Waals surface area contributed by atoms with Crippen molar-refractivity contribution in [1.82, 2.24) is 4.90 Å². The third kappa shape index (κ3) is 4.60. The van der Waals surface area contributed by atoms with Gasteiger partial charge in [-0.3, -0.25) is 4.90 Å². The van der Waals surface area contributed by atoms with Gasteiger partial charge in [0.15, 0.2) is 0 Å². The average Bonchev–Trinajstić information content (AvgIpc) is 3.11. The van der Waals surface area contributed by atoms with E-state index in [9.17, 15) is 0 Å². The van der Waals surface area contributed by atoms with Crippen molar-refractivity contribution in [2.24, 2.45) is 0 Å². The van der Waals surface area contributed by atoms with Gasteiger partial charge < -0.3 is 10.5 Å². The quantitative estimate of drug-likeness (QED) is 0.844. The fourth-order valence-electron chi connectivity index (χ4n) is 3.59. The predicted octanol–water partition coefficient (Wildman–Crippen LogP) is 3.61. The SMILES string of the molecule is Cl.Nc1cccc(CN(CC2CCCO2)C2CCCC2)c1. The van der Waals surface area contributed by atoms with Crippen LogP contribution in [0.1, 0.15) is 44.1 Å². The van der Waals surface area contributed by atoms with Crippen LogP contribution in [0.3, 0.4) is 0 Å². The Bertz CT molecular complexity index is 429. The second kappa shape index (κ2) is 8.02. The number of hydrogen-bond donors (Lipinski definition) is 1. The second-order valence-electron chi connectivity index (χ2n) is 6.25. The average molecular weight is 311 g/mol. The van der Waals surface area contributed by atoms with Crippen LogP contribution in [0.25, 0.3) is 0 Å². The lowest BCUT2D eigenvalue weighted by Gasteiger charge is -2.31. The summed E-state index contributed by atoms with van der Waals surface area (Å²) >= 11 is 0. The summed E-state index contributed by atoms with van der Waals surface area (Å²) < 4.78 is 5.84. The Labute approximate surface area is 134 Å². The summed E-state index contributed by atoms with van der Waals surface area (Å²) in [7, 11) is 0. The molecule has 0 spiro atoms. The smallest absolute Gasteiger partial charge is 0.0703 e. The molecule has 1 heterocycles. The van der Waals surface area contributed by atoms with Gasteiger partial charge in [-0.15, -0.1) is 12.4 Å². The van der Waals surface area contributed by atoms with Crippen molar-refractivity contribution in [2.45, 2.75) is 57.2 Å². The van der Waals surface area contributed by atoms with E-state index >= 15 is 0 Å². The Morgan fingerprint density at radius 3 is 2.62 bits per heavy atom. The van der Waals surface area contributed by atoms with Gasteiger partial charge in [0.05, 0.1) is 6.10 Å². The van der Waals surface area contributed by atoms with Crippen LogP contribution in [-0.4, -0.2) is 30.2 Å². The van der Waals surface area contributed by atoms with E-state index in [1.807, 2.05) is 6.07 Å². The van der Waals surface area contributed by atoms with Crippen LogP contribution in [0.5, 0.6) is 0 Å². The molecular weight excluding hydrogens is 284 g/mol. The highest BCUT2D eigenvalue weighted by molar-refractivity contribution is 5.85. The van der Waals surface area contributed by atoms with Crippen molar-refractivity contribution in [3.8, 4) is 0 Å². The largest absolute Gasteiger partial charge is 0.399 e. The molecule has 1 aliphatic carbocycles. The number of ether oxygens (including phenoxy) is 1. The normalized spacial score (nSPS) is 22.6. The van der Waals surface area contributed by atoms with Gasteiger partial charge in [0.2, 0.25) is 0 Å². The van der Waals surface area contributed by atoms with E-state index < -0.39 is 0 Å². The Morgan fingerprint density at radius 1 is 1.14 bits per heavy atom.